The maximum atomic E-state index is 12.0. The van der Waals surface area contributed by atoms with Crippen molar-refractivity contribution in [3.8, 4) is 0 Å². The van der Waals surface area contributed by atoms with Crippen molar-refractivity contribution >= 4 is 33.6 Å². The van der Waals surface area contributed by atoms with Crippen LogP contribution in [0.2, 0.25) is 0 Å². The number of hydrogen-bond donors (Lipinski definition) is 1. The molecule has 0 radical (unpaired) electrons. The van der Waals surface area contributed by atoms with Crippen LogP contribution < -0.4 is 5.32 Å². The van der Waals surface area contributed by atoms with Crippen LogP contribution in [-0.2, 0) is 4.79 Å². The van der Waals surface area contributed by atoms with Crippen molar-refractivity contribution in [1.29, 1.82) is 0 Å². The van der Waals surface area contributed by atoms with Crippen LogP contribution in [0.5, 0.6) is 0 Å². The summed E-state index contributed by atoms with van der Waals surface area (Å²) in [6.45, 7) is 0. The van der Waals surface area contributed by atoms with Crippen molar-refractivity contribution in [3.63, 3.8) is 0 Å². The zero-order valence-corrected chi connectivity index (χ0v) is 12.0. The SMILES string of the molecule is O=C(NC1CCCCC1CBr)C1CCCS1. The molecular weight excluding hydrogens is 286 g/mol. The Morgan fingerprint density at radius 2 is 2.06 bits per heavy atom. The van der Waals surface area contributed by atoms with Crippen LogP contribution in [0.3, 0.4) is 0 Å². The Morgan fingerprint density at radius 1 is 1.25 bits per heavy atom. The Hall–Kier alpha value is 0.300. The van der Waals surface area contributed by atoms with E-state index < -0.39 is 0 Å². The van der Waals surface area contributed by atoms with Crippen molar-refractivity contribution in [2.45, 2.75) is 49.8 Å². The minimum absolute atomic E-state index is 0.234. The molecule has 0 spiro atoms. The lowest BCUT2D eigenvalue weighted by atomic mass is 9.86. The monoisotopic (exact) mass is 305 g/mol. The highest BCUT2D eigenvalue weighted by Gasteiger charge is 2.29. The number of carbonyl (C=O) groups excluding carboxylic acids is 1. The summed E-state index contributed by atoms with van der Waals surface area (Å²) in [6.07, 6.45) is 7.29. The zero-order valence-electron chi connectivity index (χ0n) is 9.58. The topological polar surface area (TPSA) is 29.1 Å². The lowest BCUT2D eigenvalue weighted by Crippen LogP contribution is -2.45. The molecule has 1 aliphatic heterocycles. The van der Waals surface area contributed by atoms with Gasteiger partial charge in [-0.25, -0.2) is 0 Å². The first-order valence-electron chi connectivity index (χ1n) is 6.29. The Labute approximate surface area is 110 Å². The van der Waals surface area contributed by atoms with Crippen molar-refractivity contribution in [2.24, 2.45) is 5.92 Å². The number of thioether (sulfide) groups is 1. The third kappa shape index (κ3) is 3.16. The molecule has 2 fully saturated rings. The van der Waals surface area contributed by atoms with Gasteiger partial charge in [0.05, 0.1) is 5.25 Å². The van der Waals surface area contributed by atoms with Crippen LogP contribution >= 0.6 is 27.7 Å². The van der Waals surface area contributed by atoms with Crippen LogP contribution in [0.25, 0.3) is 0 Å². The highest BCUT2D eigenvalue weighted by molar-refractivity contribution is 9.09. The second kappa shape index (κ2) is 6.29. The molecule has 1 saturated heterocycles. The predicted octanol–water partition coefficient (Wildman–Crippen LogP) is 2.95. The van der Waals surface area contributed by atoms with E-state index in [2.05, 4.69) is 21.2 Å². The highest BCUT2D eigenvalue weighted by atomic mass is 79.9. The molecule has 0 aromatic heterocycles. The van der Waals surface area contributed by atoms with Crippen LogP contribution in [0.4, 0.5) is 0 Å². The molecule has 1 heterocycles. The summed E-state index contributed by atoms with van der Waals surface area (Å²) in [5.74, 6) is 2.09. The molecule has 1 saturated carbocycles. The van der Waals surface area contributed by atoms with Gasteiger partial charge in [-0.05, 0) is 37.4 Å². The van der Waals surface area contributed by atoms with E-state index in [1.54, 1.807) is 0 Å². The first-order valence-corrected chi connectivity index (χ1v) is 8.46. The van der Waals surface area contributed by atoms with E-state index in [0.717, 1.165) is 17.5 Å². The molecule has 2 aliphatic rings. The van der Waals surface area contributed by atoms with Gasteiger partial charge in [-0.1, -0.05) is 28.8 Å². The number of alkyl halides is 1. The average molecular weight is 306 g/mol. The van der Waals surface area contributed by atoms with E-state index in [4.69, 9.17) is 0 Å². The maximum absolute atomic E-state index is 12.0. The second-order valence-corrected chi connectivity index (χ2v) is 6.77. The number of rotatable bonds is 3. The van der Waals surface area contributed by atoms with E-state index in [1.165, 1.54) is 32.1 Å². The minimum Gasteiger partial charge on any atom is -0.352 e. The van der Waals surface area contributed by atoms with Gasteiger partial charge in [0.25, 0.3) is 0 Å². The van der Waals surface area contributed by atoms with E-state index in [1.807, 2.05) is 11.8 Å². The van der Waals surface area contributed by atoms with Crippen molar-refractivity contribution in [1.82, 2.24) is 5.32 Å². The molecule has 1 N–H and O–H groups in total. The minimum atomic E-state index is 0.234. The number of amides is 1. The Balaban J connectivity index is 1.84. The molecule has 0 aromatic carbocycles. The van der Waals surface area contributed by atoms with E-state index in [9.17, 15) is 4.79 Å². The summed E-state index contributed by atoms with van der Waals surface area (Å²) in [5, 5.41) is 4.53. The molecule has 92 valence electrons. The Bertz CT molecular complexity index is 243. The summed E-state index contributed by atoms with van der Waals surface area (Å²) in [7, 11) is 0. The van der Waals surface area contributed by atoms with E-state index in [-0.39, 0.29) is 5.25 Å². The summed E-state index contributed by atoms with van der Waals surface area (Å²) >= 11 is 5.39. The van der Waals surface area contributed by atoms with Gasteiger partial charge in [-0.2, -0.15) is 0 Å². The predicted molar refractivity (Wildman–Crippen MR) is 73.2 cm³/mol. The Kier molecular flexibility index (Phi) is 5.01. The van der Waals surface area contributed by atoms with Gasteiger partial charge in [0, 0.05) is 11.4 Å². The molecule has 1 aliphatic carbocycles. The third-order valence-corrected chi connectivity index (χ3v) is 5.87. The van der Waals surface area contributed by atoms with Gasteiger partial charge in [-0.15, -0.1) is 11.8 Å². The quantitative estimate of drug-likeness (QED) is 0.812. The normalized spacial score (nSPS) is 34.9. The molecule has 2 nitrogen and oxygen atoms in total. The van der Waals surface area contributed by atoms with Gasteiger partial charge < -0.3 is 5.32 Å². The molecular formula is C12H20BrNOS. The van der Waals surface area contributed by atoms with Gasteiger partial charge in [0.1, 0.15) is 0 Å². The smallest absolute Gasteiger partial charge is 0.233 e. The first kappa shape index (κ1) is 12.7. The summed E-state index contributed by atoms with van der Waals surface area (Å²) in [6, 6.07) is 0.418. The molecule has 4 heteroatoms. The van der Waals surface area contributed by atoms with Gasteiger partial charge in [0.2, 0.25) is 5.91 Å². The van der Waals surface area contributed by atoms with Gasteiger partial charge >= 0.3 is 0 Å². The van der Waals surface area contributed by atoms with E-state index >= 15 is 0 Å². The average Bonchev–Trinajstić information content (AvgIpc) is 2.83. The molecule has 2 rings (SSSR count). The summed E-state index contributed by atoms with van der Waals surface area (Å²) in [5.41, 5.74) is 0. The maximum Gasteiger partial charge on any atom is 0.233 e. The van der Waals surface area contributed by atoms with Crippen LogP contribution in [0, 0.1) is 5.92 Å². The van der Waals surface area contributed by atoms with Crippen molar-refractivity contribution in [3.05, 3.63) is 0 Å². The number of halogens is 1. The van der Waals surface area contributed by atoms with Gasteiger partial charge in [-0.3, -0.25) is 4.79 Å². The van der Waals surface area contributed by atoms with E-state index in [0.29, 0.717) is 17.9 Å². The lowest BCUT2D eigenvalue weighted by molar-refractivity contribution is -0.121. The molecule has 0 bridgehead atoms. The number of carbonyl (C=O) groups is 1. The van der Waals surface area contributed by atoms with Crippen molar-refractivity contribution in [2.75, 3.05) is 11.1 Å². The molecule has 3 unspecified atom stereocenters. The standard InChI is InChI=1S/C12H20BrNOS/c13-8-9-4-1-2-5-10(9)14-12(15)11-6-3-7-16-11/h9-11H,1-8H2,(H,14,15). The molecule has 1 amide bonds. The zero-order chi connectivity index (χ0) is 11.4. The highest BCUT2D eigenvalue weighted by Crippen LogP contribution is 2.29. The van der Waals surface area contributed by atoms with Crippen LogP contribution in [0.15, 0.2) is 0 Å². The van der Waals surface area contributed by atoms with Gasteiger partial charge in [0.15, 0.2) is 0 Å². The largest absolute Gasteiger partial charge is 0.352 e. The summed E-state index contributed by atoms with van der Waals surface area (Å²) in [4.78, 5) is 12.0. The molecule has 0 aromatic rings. The molecule has 3 atom stereocenters. The summed E-state index contributed by atoms with van der Waals surface area (Å²) < 4.78 is 0. The van der Waals surface area contributed by atoms with Crippen LogP contribution in [0.1, 0.15) is 38.5 Å². The second-order valence-electron chi connectivity index (χ2n) is 4.82. The Morgan fingerprint density at radius 3 is 2.75 bits per heavy atom. The number of hydrogen-bond acceptors (Lipinski definition) is 2. The van der Waals surface area contributed by atoms with Crippen LogP contribution in [-0.4, -0.2) is 28.3 Å². The third-order valence-electron chi connectivity index (χ3n) is 3.66. The fourth-order valence-electron chi connectivity index (χ4n) is 2.64. The number of nitrogens with one attached hydrogen (secondary N) is 1. The first-order chi connectivity index (χ1) is 7.81. The molecule has 16 heavy (non-hydrogen) atoms. The fraction of sp³-hybridized carbons (Fsp3) is 0.917. The fourth-order valence-corrected chi connectivity index (χ4v) is 4.59. The van der Waals surface area contributed by atoms with Crippen molar-refractivity contribution < 1.29 is 4.79 Å². The lowest BCUT2D eigenvalue weighted by Gasteiger charge is -2.31.